The molecular weight excluding hydrogens is 236 g/mol. The summed E-state index contributed by atoms with van der Waals surface area (Å²) in [6.07, 6.45) is 2.07. The number of thioether (sulfide) groups is 1. The molecule has 6 heteroatoms. The van der Waals surface area contributed by atoms with Crippen LogP contribution in [0.3, 0.4) is 0 Å². The lowest BCUT2D eigenvalue weighted by molar-refractivity contribution is 0.195. The van der Waals surface area contributed by atoms with Crippen molar-refractivity contribution in [3.63, 3.8) is 0 Å². The minimum absolute atomic E-state index is 0.444. The first-order chi connectivity index (χ1) is 8.22. The second kappa shape index (κ2) is 7.68. The van der Waals surface area contributed by atoms with E-state index >= 15 is 0 Å². The van der Waals surface area contributed by atoms with E-state index in [-0.39, 0.29) is 0 Å². The first-order valence-corrected chi connectivity index (χ1v) is 6.88. The van der Waals surface area contributed by atoms with Crippen LogP contribution in [0.25, 0.3) is 0 Å². The van der Waals surface area contributed by atoms with Crippen LogP contribution in [0.1, 0.15) is 32.5 Å². The second-order valence-electron chi connectivity index (χ2n) is 3.96. The van der Waals surface area contributed by atoms with Gasteiger partial charge in [-0.15, -0.1) is 10.2 Å². The van der Waals surface area contributed by atoms with E-state index in [4.69, 9.17) is 10.5 Å². The average molecular weight is 258 g/mol. The quantitative estimate of drug-likeness (QED) is 0.718. The van der Waals surface area contributed by atoms with E-state index in [2.05, 4.69) is 28.6 Å². The highest BCUT2D eigenvalue weighted by Gasteiger charge is 2.13. The second-order valence-corrected chi connectivity index (χ2v) is 5.37. The summed E-state index contributed by atoms with van der Waals surface area (Å²) in [5.41, 5.74) is 5.65. The van der Waals surface area contributed by atoms with Gasteiger partial charge in [-0.25, -0.2) is 0 Å². The van der Waals surface area contributed by atoms with Crippen LogP contribution in [0.4, 0.5) is 0 Å². The first-order valence-electron chi connectivity index (χ1n) is 6.00. The number of ether oxygens (including phenoxy) is 1. The Kier molecular flexibility index (Phi) is 6.54. The maximum absolute atomic E-state index is 5.65. The fourth-order valence-corrected chi connectivity index (χ4v) is 2.51. The molecule has 1 heterocycles. The van der Waals surface area contributed by atoms with Gasteiger partial charge in [-0.05, 0) is 12.8 Å². The Balaban J connectivity index is 2.65. The lowest BCUT2D eigenvalue weighted by Gasteiger charge is -2.11. The standard InChI is InChI=1S/C11H22N4OS/c1-4-6-15-10(8-12)13-14-11(15)17-9(2)5-7-16-3/h9H,4-8,12H2,1-3H3. The molecule has 1 aromatic rings. The number of nitrogens with two attached hydrogens (primary N) is 1. The fraction of sp³-hybridized carbons (Fsp3) is 0.818. The normalized spacial score (nSPS) is 12.9. The van der Waals surface area contributed by atoms with Crippen molar-refractivity contribution in [3.05, 3.63) is 5.82 Å². The lowest BCUT2D eigenvalue weighted by atomic mass is 10.3. The van der Waals surface area contributed by atoms with Gasteiger partial charge in [-0.3, -0.25) is 0 Å². The molecular formula is C11H22N4OS. The number of hydrogen-bond donors (Lipinski definition) is 1. The third kappa shape index (κ3) is 4.29. The Hall–Kier alpha value is -0.590. The van der Waals surface area contributed by atoms with E-state index in [9.17, 15) is 0 Å². The van der Waals surface area contributed by atoms with Crippen LogP contribution in [-0.4, -0.2) is 33.7 Å². The summed E-state index contributed by atoms with van der Waals surface area (Å²) in [5.74, 6) is 0.869. The van der Waals surface area contributed by atoms with Gasteiger partial charge in [0.2, 0.25) is 0 Å². The summed E-state index contributed by atoms with van der Waals surface area (Å²) in [6.45, 7) is 6.47. The first kappa shape index (κ1) is 14.5. The minimum Gasteiger partial charge on any atom is -0.385 e. The lowest BCUT2D eigenvalue weighted by Crippen LogP contribution is -2.10. The van der Waals surface area contributed by atoms with Crippen molar-refractivity contribution in [1.29, 1.82) is 0 Å². The molecule has 0 fully saturated rings. The van der Waals surface area contributed by atoms with Gasteiger partial charge < -0.3 is 15.0 Å². The Morgan fingerprint density at radius 3 is 2.82 bits per heavy atom. The third-order valence-corrected chi connectivity index (χ3v) is 3.61. The van der Waals surface area contributed by atoms with E-state index in [0.29, 0.717) is 11.8 Å². The largest absolute Gasteiger partial charge is 0.385 e. The summed E-state index contributed by atoms with van der Waals surface area (Å²) >= 11 is 1.74. The molecule has 2 N–H and O–H groups in total. The molecule has 0 aromatic carbocycles. The van der Waals surface area contributed by atoms with Crippen LogP contribution in [-0.2, 0) is 17.8 Å². The highest BCUT2D eigenvalue weighted by Crippen LogP contribution is 2.24. The molecule has 98 valence electrons. The summed E-state index contributed by atoms with van der Waals surface area (Å²) in [5, 5.41) is 9.77. The zero-order valence-electron chi connectivity index (χ0n) is 10.8. The van der Waals surface area contributed by atoms with E-state index in [1.54, 1.807) is 18.9 Å². The van der Waals surface area contributed by atoms with Crippen LogP contribution in [0.5, 0.6) is 0 Å². The van der Waals surface area contributed by atoms with Gasteiger partial charge in [0.1, 0.15) is 5.82 Å². The van der Waals surface area contributed by atoms with Crippen LogP contribution >= 0.6 is 11.8 Å². The van der Waals surface area contributed by atoms with Gasteiger partial charge >= 0.3 is 0 Å². The summed E-state index contributed by atoms with van der Waals surface area (Å²) in [6, 6.07) is 0. The summed E-state index contributed by atoms with van der Waals surface area (Å²) in [7, 11) is 1.73. The predicted octanol–water partition coefficient (Wildman–Crippen LogP) is 1.66. The number of nitrogens with zero attached hydrogens (tertiary/aromatic N) is 3. The van der Waals surface area contributed by atoms with E-state index < -0.39 is 0 Å². The molecule has 5 nitrogen and oxygen atoms in total. The molecule has 0 saturated heterocycles. The molecule has 1 unspecified atom stereocenters. The van der Waals surface area contributed by atoms with Crippen molar-refractivity contribution in [3.8, 4) is 0 Å². The highest BCUT2D eigenvalue weighted by atomic mass is 32.2. The van der Waals surface area contributed by atoms with Gasteiger partial charge in [0, 0.05) is 25.5 Å². The van der Waals surface area contributed by atoms with E-state index in [1.165, 1.54) is 0 Å². The van der Waals surface area contributed by atoms with Crippen molar-refractivity contribution in [2.75, 3.05) is 13.7 Å². The van der Waals surface area contributed by atoms with Gasteiger partial charge in [0.15, 0.2) is 5.16 Å². The molecule has 0 amide bonds. The molecule has 1 rings (SSSR count). The van der Waals surface area contributed by atoms with Gasteiger partial charge in [-0.1, -0.05) is 25.6 Å². The van der Waals surface area contributed by atoms with Crippen LogP contribution in [0, 0.1) is 0 Å². The monoisotopic (exact) mass is 258 g/mol. The van der Waals surface area contributed by atoms with Crippen molar-refractivity contribution in [2.24, 2.45) is 5.73 Å². The van der Waals surface area contributed by atoms with Crippen LogP contribution in [0.2, 0.25) is 0 Å². The molecule has 0 aliphatic rings. The maximum Gasteiger partial charge on any atom is 0.191 e. The van der Waals surface area contributed by atoms with Crippen molar-refractivity contribution >= 4 is 11.8 Å². The molecule has 1 atom stereocenters. The maximum atomic E-state index is 5.65. The van der Waals surface area contributed by atoms with Gasteiger partial charge in [0.05, 0.1) is 6.54 Å². The molecule has 0 saturated carbocycles. The highest BCUT2D eigenvalue weighted by molar-refractivity contribution is 7.99. The Morgan fingerprint density at radius 2 is 2.24 bits per heavy atom. The number of methoxy groups -OCH3 is 1. The van der Waals surface area contributed by atoms with Crippen molar-refractivity contribution < 1.29 is 4.74 Å². The Labute approximate surface area is 107 Å². The molecule has 0 aliphatic heterocycles. The molecule has 1 aromatic heterocycles. The average Bonchev–Trinajstić information content (AvgIpc) is 2.70. The molecule has 0 radical (unpaired) electrons. The van der Waals surface area contributed by atoms with Crippen molar-refractivity contribution in [1.82, 2.24) is 14.8 Å². The SMILES string of the molecule is CCCn1c(CN)nnc1SC(C)CCOC. The smallest absolute Gasteiger partial charge is 0.191 e. The zero-order chi connectivity index (χ0) is 12.7. The van der Waals surface area contributed by atoms with E-state index in [0.717, 1.165) is 37.0 Å². The van der Waals surface area contributed by atoms with Crippen molar-refractivity contribution in [2.45, 2.75) is 50.2 Å². The van der Waals surface area contributed by atoms with Gasteiger partial charge in [-0.2, -0.15) is 0 Å². The topological polar surface area (TPSA) is 66.0 Å². The minimum atomic E-state index is 0.444. The molecule has 0 spiro atoms. The number of aromatic nitrogens is 3. The number of rotatable bonds is 8. The van der Waals surface area contributed by atoms with Crippen LogP contribution < -0.4 is 5.73 Å². The third-order valence-electron chi connectivity index (χ3n) is 2.46. The fourth-order valence-electron chi connectivity index (χ4n) is 1.53. The molecule has 0 aliphatic carbocycles. The van der Waals surface area contributed by atoms with Gasteiger partial charge in [0.25, 0.3) is 0 Å². The van der Waals surface area contributed by atoms with E-state index in [1.807, 2.05) is 0 Å². The molecule has 17 heavy (non-hydrogen) atoms. The zero-order valence-corrected chi connectivity index (χ0v) is 11.7. The number of hydrogen-bond acceptors (Lipinski definition) is 5. The summed E-state index contributed by atoms with van der Waals surface area (Å²) < 4.78 is 7.20. The predicted molar refractivity (Wildman–Crippen MR) is 70.0 cm³/mol. The Bertz CT molecular complexity index is 329. The summed E-state index contributed by atoms with van der Waals surface area (Å²) in [4.78, 5) is 0. The Morgan fingerprint density at radius 1 is 1.47 bits per heavy atom. The molecule has 0 bridgehead atoms. The van der Waals surface area contributed by atoms with Crippen LogP contribution in [0.15, 0.2) is 5.16 Å².